The van der Waals surface area contributed by atoms with Crippen molar-refractivity contribution in [1.82, 2.24) is 5.32 Å². The monoisotopic (exact) mass is 324 g/mol. The second-order valence-corrected chi connectivity index (χ2v) is 7.45. The molecule has 1 aliphatic heterocycles. The average Bonchev–Trinajstić information content (AvgIpc) is 2.90. The summed E-state index contributed by atoms with van der Waals surface area (Å²) < 4.78 is 5.68. The number of hydrogen-bond donors (Lipinski definition) is 2. The highest BCUT2D eigenvalue weighted by Crippen LogP contribution is 2.36. The Morgan fingerprint density at radius 1 is 1.52 bits per heavy atom. The van der Waals surface area contributed by atoms with E-state index >= 15 is 0 Å². The highest BCUT2D eigenvalue weighted by molar-refractivity contribution is 8.00. The van der Waals surface area contributed by atoms with Gasteiger partial charge in [0.1, 0.15) is 10.7 Å². The molecule has 1 unspecified atom stereocenters. The summed E-state index contributed by atoms with van der Waals surface area (Å²) >= 11 is 6.88. The third-order valence-corrected chi connectivity index (χ3v) is 5.23. The summed E-state index contributed by atoms with van der Waals surface area (Å²) in [6.07, 6.45) is 2.36. The molecule has 1 fully saturated rings. The van der Waals surface area contributed by atoms with Crippen molar-refractivity contribution in [1.29, 1.82) is 0 Å². The molecule has 1 heterocycles. The highest BCUT2D eigenvalue weighted by Gasteiger charge is 2.29. The topological polar surface area (TPSA) is 64.3 Å². The largest absolute Gasteiger partial charge is 0.483 e. The van der Waals surface area contributed by atoms with E-state index in [1.165, 1.54) is 12.2 Å². The number of rotatable bonds is 6. The van der Waals surface area contributed by atoms with Crippen molar-refractivity contribution in [2.24, 2.45) is 5.73 Å². The maximum atomic E-state index is 11.9. The van der Waals surface area contributed by atoms with Gasteiger partial charge in [0.05, 0.1) is 5.56 Å². The Morgan fingerprint density at radius 3 is 2.95 bits per heavy atom. The first kappa shape index (κ1) is 16.1. The van der Waals surface area contributed by atoms with Crippen molar-refractivity contribution >= 4 is 34.9 Å². The summed E-state index contributed by atoms with van der Waals surface area (Å²) in [7, 11) is 0. The lowest BCUT2D eigenvalue weighted by Crippen LogP contribution is -2.39. The van der Waals surface area contributed by atoms with E-state index < -0.39 is 0 Å². The number of ether oxygens (including phenoxy) is 1. The molecule has 2 rings (SSSR count). The molecule has 0 spiro atoms. The fraction of sp³-hybridized carbons (Fsp3) is 0.467. The van der Waals surface area contributed by atoms with Gasteiger partial charge in [-0.3, -0.25) is 4.79 Å². The third kappa shape index (κ3) is 4.61. The number of para-hydroxylation sites is 1. The predicted molar refractivity (Wildman–Crippen MR) is 90.9 cm³/mol. The molecule has 6 heteroatoms. The number of carbonyl (C=O) groups is 1. The van der Waals surface area contributed by atoms with Crippen LogP contribution in [0.1, 0.15) is 25.3 Å². The predicted octanol–water partition coefficient (Wildman–Crippen LogP) is 2.10. The second kappa shape index (κ2) is 7.13. The highest BCUT2D eigenvalue weighted by atomic mass is 32.2. The van der Waals surface area contributed by atoms with Crippen molar-refractivity contribution in [2.75, 3.05) is 18.9 Å². The van der Waals surface area contributed by atoms with Gasteiger partial charge in [0, 0.05) is 11.3 Å². The molecule has 1 aliphatic rings. The molecule has 0 saturated carbocycles. The van der Waals surface area contributed by atoms with Crippen LogP contribution in [0, 0.1) is 0 Å². The fourth-order valence-electron chi connectivity index (χ4n) is 2.25. The number of nitrogens with two attached hydrogens (primary N) is 1. The van der Waals surface area contributed by atoms with Crippen LogP contribution in [0.2, 0.25) is 0 Å². The molecule has 1 aromatic carbocycles. The van der Waals surface area contributed by atoms with Gasteiger partial charge in [-0.15, -0.1) is 0 Å². The van der Waals surface area contributed by atoms with Crippen LogP contribution in [-0.4, -0.2) is 34.5 Å². The Morgan fingerprint density at radius 2 is 2.29 bits per heavy atom. The van der Waals surface area contributed by atoms with Gasteiger partial charge in [0.25, 0.3) is 5.91 Å². The molecule has 1 amide bonds. The first-order valence-electron chi connectivity index (χ1n) is 6.92. The summed E-state index contributed by atoms with van der Waals surface area (Å²) in [4.78, 5) is 12.2. The van der Waals surface area contributed by atoms with Crippen molar-refractivity contribution < 1.29 is 9.53 Å². The van der Waals surface area contributed by atoms with E-state index in [1.54, 1.807) is 12.1 Å². The standard InChI is InChI=1S/C15H20N2O2S2/c1-15(7-4-8-21-15)10-17-13(18)9-19-12-6-3-2-5-11(12)14(16)20/h2-3,5-6H,4,7-10H2,1H3,(H2,16,20)(H,17,18). The Bertz CT molecular complexity index is 528. The maximum Gasteiger partial charge on any atom is 0.257 e. The van der Waals surface area contributed by atoms with Crippen LogP contribution in [-0.2, 0) is 4.79 Å². The number of carbonyl (C=O) groups excluding carboxylic acids is 1. The molecular weight excluding hydrogens is 304 g/mol. The van der Waals surface area contributed by atoms with Crippen LogP contribution in [0.5, 0.6) is 5.75 Å². The Kier molecular flexibility index (Phi) is 5.47. The molecule has 4 nitrogen and oxygen atoms in total. The molecule has 0 aromatic heterocycles. The first-order chi connectivity index (χ1) is 10.0. The minimum absolute atomic E-state index is 0.0274. The first-order valence-corrected chi connectivity index (χ1v) is 8.32. The zero-order chi connectivity index (χ0) is 15.3. The average molecular weight is 324 g/mol. The quantitative estimate of drug-likeness (QED) is 0.785. The molecule has 21 heavy (non-hydrogen) atoms. The fourth-order valence-corrected chi connectivity index (χ4v) is 3.67. The molecule has 0 aliphatic carbocycles. The van der Waals surface area contributed by atoms with Gasteiger partial charge in [0.2, 0.25) is 0 Å². The van der Waals surface area contributed by atoms with Crippen LogP contribution in [0.15, 0.2) is 24.3 Å². The van der Waals surface area contributed by atoms with Crippen LogP contribution >= 0.6 is 24.0 Å². The van der Waals surface area contributed by atoms with E-state index in [4.69, 9.17) is 22.7 Å². The lowest BCUT2D eigenvalue weighted by molar-refractivity contribution is -0.123. The van der Waals surface area contributed by atoms with Gasteiger partial charge in [-0.05, 0) is 37.7 Å². The van der Waals surface area contributed by atoms with Crippen molar-refractivity contribution in [3.8, 4) is 5.75 Å². The zero-order valence-corrected chi connectivity index (χ0v) is 13.7. The van der Waals surface area contributed by atoms with Gasteiger partial charge in [-0.25, -0.2) is 0 Å². The molecule has 1 aromatic rings. The molecule has 1 atom stereocenters. The van der Waals surface area contributed by atoms with E-state index in [-0.39, 0.29) is 22.2 Å². The minimum Gasteiger partial charge on any atom is -0.483 e. The second-order valence-electron chi connectivity index (χ2n) is 5.33. The molecule has 1 saturated heterocycles. The summed E-state index contributed by atoms with van der Waals surface area (Å²) in [5.41, 5.74) is 6.28. The van der Waals surface area contributed by atoms with E-state index in [1.807, 2.05) is 23.9 Å². The number of thioether (sulfide) groups is 1. The number of nitrogens with one attached hydrogen (secondary N) is 1. The lowest BCUT2D eigenvalue weighted by Gasteiger charge is -2.22. The van der Waals surface area contributed by atoms with E-state index in [9.17, 15) is 4.79 Å². The zero-order valence-electron chi connectivity index (χ0n) is 12.1. The van der Waals surface area contributed by atoms with Crippen LogP contribution in [0.25, 0.3) is 0 Å². The lowest BCUT2D eigenvalue weighted by atomic mass is 10.1. The maximum absolute atomic E-state index is 11.9. The van der Waals surface area contributed by atoms with Crippen LogP contribution < -0.4 is 15.8 Å². The van der Waals surface area contributed by atoms with E-state index in [0.29, 0.717) is 17.9 Å². The molecule has 0 bridgehead atoms. The smallest absolute Gasteiger partial charge is 0.257 e. The number of thiocarbonyl (C=S) groups is 1. The van der Waals surface area contributed by atoms with Crippen LogP contribution in [0.3, 0.4) is 0 Å². The van der Waals surface area contributed by atoms with Crippen LogP contribution in [0.4, 0.5) is 0 Å². The Balaban J connectivity index is 1.83. The van der Waals surface area contributed by atoms with Gasteiger partial charge in [0.15, 0.2) is 6.61 Å². The van der Waals surface area contributed by atoms with E-state index in [0.717, 1.165) is 6.42 Å². The number of hydrogen-bond acceptors (Lipinski definition) is 4. The summed E-state index contributed by atoms with van der Waals surface area (Å²) in [6.45, 7) is 2.84. The summed E-state index contributed by atoms with van der Waals surface area (Å²) in [6, 6.07) is 7.20. The number of amides is 1. The van der Waals surface area contributed by atoms with Crippen molar-refractivity contribution in [3.63, 3.8) is 0 Å². The molecular formula is C15H20N2O2S2. The van der Waals surface area contributed by atoms with E-state index in [2.05, 4.69) is 12.2 Å². The molecule has 114 valence electrons. The van der Waals surface area contributed by atoms with Gasteiger partial charge in [-0.1, -0.05) is 24.4 Å². The molecule has 3 N–H and O–H groups in total. The van der Waals surface area contributed by atoms with Crippen molar-refractivity contribution in [2.45, 2.75) is 24.5 Å². The summed E-state index contributed by atoms with van der Waals surface area (Å²) in [5.74, 6) is 1.59. The summed E-state index contributed by atoms with van der Waals surface area (Å²) in [5, 5.41) is 2.94. The Hall–Kier alpha value is -1.27. The minimum atomic E-state index is -0.124. The SMILES string of the molecule is CC1(CNC(=O)COc2ccccc2C(N)=S)CCCS1. The Labute approximate surface area is 134 Å². The van der Waals surface area contributed by atoms with Crippen molar-refractivity contribution in [3.05, 3.63) is 29.8 Å². The van der Waals surface area contributed by atoms with Gasteiger partial charge < -0.3 is 15.8 Å². The third-order valence-electron chi connectivity index (χ3n) is 3.47. The normalized spacial score (nSPS) is 21.0. The number of benzene rings is 1. The van der Waals surface area contributed by atoms with Gasteiger partial charge >= 0.3 is 0 Å². The van der Waals surface area contributed by atoms with Gasteiger partial charge in [-0.2, -0.15) is 11.8 Å². The molecule has 0 radical (unpaired) electrons.